The van der Waals surface area contributed by atoms with Crippen molar-refractivity contribution in [3.05, 3.63) is 16.1 Å². The molecule has 0 saturated carbocycles. The number of aromatic nitrogens is 1. The van der Waals surface area contributed by atoms with Crippen molar-refractivity contribution in [2.24, 2.45) is 10.9 Å². The molecule has 0 aliphatic heterocycles. The lowest BCUT2D eigenvalue weighted by molar-refractivity contribution is 0.444. The fourth-order valence-electron chi connectivity index (χ4n) is 2.24. The van der Waals surface area contributed by atoms with Crippen LogP contribution in [0, 0.1) is 12.8 Å². The van der Waals surface area contributed by atoms with E-state index in [1.54, 1.807) is 11.3 Å². The highest BCUT2D eigenvalue weighted by Gasteiger charge is 2.07. The number of aryl methyl sites for hydroxylation is 1. The van der Waals surface area contributed by atoms with E-state index in [1.165, 1.54) is 25.7 Å². The van der Waals surface area contributed by atoms with Crippen LogP contribution in [-0.4, -0.2) is 31.1 Å². The number of unbranched alkanes of at least 4 members (excludes halogenated alkanes) is 1. The molecule has 1 rings (SSSR count). The Morgan fingerprint density at radius 1 is 1.38 bits per heavy atom. The molecule has 0 bridgehead atoms. The van der Waals surface area contributed by atoms with Gasteiger partial charge in [-0.25, -0.2) is 4.98 Å². The Kier molecular flexibility index (Phi) is 9.06. The molecule has 2 N–H and O–H groups in total. The number of guanidine groups is 1. The van der Waals surface area contributed by atoms with Crippen molar-refractivity contribution < 1.29 is 0 Å². The highest BCUT2D eigenvalue weighted by atomic mass is 32.1. The lowest BCUT2D eigenvalue weighted by Crippen LogP contribution is -2.40. The molecule has 5 heteroatoms. The molecule has 0 amide bonds. The van der Waals surface area contributed by atoms with Gasteiger partial charge in [0.15, 0.2) is 5.96 Å². The molecule has 0 aromatic carbocycles. The molecular formula is C16H30N4S. The van der Waals surface area contributed by atoms with Crippen LogP contribution < -0.4 is 10.6 Å². The lowest BCUT2D eigenvalue weighted by Gasteiger charge is -2.17. The van der Waals surface area contributed by atoms with Gasteiger partial charge in [0.2, 0.25) is 0 Å². The fraction of sp³-hybridized carbons (Fsp3) is 0.750. The van der Waals surface area contributed by atoms with Crippen LogP contribution in [0.15, 0.2) is 10.4 Å². The second kappa shape index (κ2) is 10.6. The molecule has 0 aliphatic rings. The normalized spacial score (nSPS) is 13.2. The molecule has 0 saturated heterocycles. The van der Waals surface area contributed by atoms with Crippen molar-refractivity contribution >= 4 is 17.3 Å². The van der Waals surface area contributed by atoms with Crippen molar-refractivity contribution in [2.75, 3.05) is 20.1 Å². The van der Waals surface area contributed by atoms with Gasteiger partial charge < -0.3 is 10.6 Å². The minimum absolute atomic E-state index is 0.740. The molecule has 1 atom stereocenters. The van der Waals surface area contributed by atoms with Gasteiger partial charge in [0.1, 0.15) is 0 Å². The zero-order chi connectivity index (χ0) is 15.5. The van der Waals surface area contributed by atoms with Gasteiger partial charge in [0, 0.05) is 31.9 Å². The first-order valence-electron chi connectivity index (χ1n) is 8.05. The van der Waals surface area contributed by atoms with Gasteiger partial charge in [-0.15, -0.1) is 11.3 Å². The van der Waals surface area contributed by atoms with Gasteiger partial charge in [-0.2, -0.15) is 0 Å². The summed E-state index contributed by atoms with van der Waals surface area (Å²) < 4.78 is 0. The van der Waals surface area contributed by atoms with E-state index < -0.39 is 0 Å². The number of hydrogen-bond acceptors (Lipinski definition) is 3. The molecule has 0 spiro atoms. The van der Waals surface area contributed by atoms with Crippen LogP contribution in [0.5, 0.6) is 0 Å². The highest BCUT2D eigenvalue weighted by Crippen LogP contribution is 2.11. The van der Waals surface area contributed by atoms with Crippen LogP contribution in [0.25, 0.3) is 0 Å². The van der Waals surface area contributed by atoms with Crippen molar-refractivity contribution in [1.29, 1.82) is 0 Å². The zero-order valence-corrected chi connectivity index (χ0v) is 14.7. The minimum Gasteiger partial charge on any atom is -0.356 e. The first-order chi connectivity index (χ1) is 10.2. The number of hydrogen-bond donors (Lipinski definition) is 2. The molecule has 21 heavy (non-hydrogen) atoms. The van der Waals surface area contributed by atoms with Gasteiger partial charge >= 0.3 is 0 Å². The Labute approximate surface area is 133 Å². The average molecular weight is 311 g/mol. The summed E-state index contributed by atoms with van der Waals surface area (Å²) in [6.07, 6.45) is 6.06. The maximum atomic E-state index is 4.47. The monoisotopic (exact) mass is 310 g/mol. The van der Waals surface area contributed by atoms with Crippen molar-refractivity contribution in [3.8, 4) is 0 Å². The van der Waals surface area contributed by atoms with Gasteiger partial charge in [0.05, 0.1) is 10.7 Å². The second-order valence-corrected chi connectivity index (χ2v) is 6.47. The first kappa shape index (κ1) is 18.0. The maximum absolute atomic E-state index is 4.47. The average Bonchev–Trinajstić information content (AvgIpc) is 2.91. The van der Waals surface area contributed by atoms with Crippen LogP contribution in [0.4, 0.5) is 0 Å². The molecule has 0 radical (unpaired) electrons. The van der Waals surface area contributed by atoms with Crippen LogP contribution in [0.1, 0.15) is 50.2 Å². The Morgan fingerprint density at radius 2 is 2.19 bits per heavy atom. The standard InChI is InChI=1S/C16H30N4S/c1-5-7-8-14(6-2)11-19-16(17-4)18-10-9-15-12-21-13(3)20-15/h12,14H,5-11H2,1-4H3,(H2,17,18,19). The third kappa shape index (κ3) is 7.46. The van der Waals surface area contributed by atoms with E-state index >= 15 is 0 Å². The predicted octanol–water partition coefficient (Wildman–Crippen LogP) is 3.38. The summed E-state index contributed by atoms with van der Waals surface area (Å²) in [4.78, 5) is 8.76. The SMILES string of the molecule is CCCCC(CC)CNC(=NC)NCCc1csc(C)n1. The fourth-order valence-corrected chi connectivity index (χ4v) is 2.88. The minimum atomic E-state index is 0.740. The molecule has 1 aromatic rings. The van der Waals surface area contributed by atoms with E-state index in [0.29, 0.717) is 0 Å². The molecule has 4 nitrogen and oxygen atoms in total. The van der Waals surface area contributed by atoms with E-state index in [-0.39, 0.29) is 0 Å². The van der Waals surface area contributed by atoms with Gasteiger partial charge in [-0.1, -0.05) is 33.1 Å². The van der Waals surface area contributed by atoms with E-state index in [4.69, 9.17) is 0 Å². The number of rotatable bonds is 9. The molecule has 1 aromatic heterocycles. The summed E-state index contributed by atoms with van der Waals surface area (Å²) in [7, 11) is 1.83. The van der Waals surface area contributed by atoms with E-state index in [2.05, 4.69) is 39.8 Å². The Hall–Kier alpha value is -1.10. The molecule has 120 valence electrons. The molecule has 1 heterocycles. The Bertz CT molecular complexity index is 414. The number of aliphatic imine (C=N–C) groups is 1. The maximum Gasteiger partial charge on any atom is 0.190 e. The van der Waals surface area contributed by atoms with E-state index in [9.17, 15) is 0 Å². The quantitative estimate of drug-likeness (QED) is 0.543. The number of nitrogens with zero attached hydrogens (tertiary/aromatic N) is 2. The van der Waals surface area contributed by atoms with Crippen LogP contribution >= 0.6 is 11.3 Å². The topological polar surface area (TPSA) is 49.3 Å². The van der Waals surface area contributed by atoms with Gasteiger partial charge in [-0.05, 0) is 19.3 Å². The summed E-state index contributed by atoms with van der Waals surface area (Å²) in [6, 6.07) is 0. The Morgan fingerprint density at radius 3 is 2.76 bits per heavy atom. The van der Waals surface area contributed by atoms with Crippen molar-refractivity contribution in [3.63, 3.8) is 0 Å². The smallest absolute Gasteiger partial charge is 0.190 e. The summed E-state index contributed by atoms with van der Waals surface area (Å²) >= 11 is 1.71. The molecule has 1 unspecified atom stereocenters. The van der Waals surface area contributed by atoms with E-state index in [0.717, 1.165) is 42.1 Å². The molecule has 0 fully saturated rings. The lowest BCUT2D eigenvalue weighted by atomic mass is 9.99. The third-order valence-electron chi connectivity index (χ3n) is 3.67. The van der Waals surface area contributed by atoms with Gasteiger partial charge in [0.25, 0.3) is 0 Å². The summed E-state index contributed by atoms with van der Waals surface area (Å²) in [6.45, 7) is 8.44. The Balaban J connectivity index is 2.25. The second-order valence-electron chi connectivity index (χ2n) is 5.40. The third-order valence-corrected chi connectivity index (χ3v) is 4.49. The zero-order valence-electron chi connectivity index (χ0n) is 13.9. The van der Waals surface area contributed by atoms with Crippen LogP contribution in [0.3, 0.4) is 0 Å². The number of thiazole rings is 1. The summed E-state index contributed by atoms with van der Waals surface area (Å²) in [5, 5.41) is 10.1. The summed E-state index contributed by atoms with van der Waals surface area (Å²) in [5.74, 6) is 1.64. The van der Waals surface area contributed by atoms with Crippen molar-refractivity contribution in [1.82, 2.24) is 15.6 Å². The number of nitrogens with one attached hydrogen (secondary N) is 2. The van der Waals surface area contributed by atoms with Crippen LogP contribution in [0.2, 0.25) is 0 Å². The predicted molar refractivity (Wildman–Crippen MR) is 93.2 cm³/mol. The summed E-state index contributed by atoms with van der Waals surface area (Å²) in [5.41, 5.74) is 1.16. The largest absolute Gasteiger partial charge is 0.356 e. The molecule has 0 aliphatic carbocycles. The van der Waals surface area contributed by atoms with Crippen molar-refractivity contribution in [2.45, 2.75) is 52.9 Å². The van der Waals surface area contributed by atoms with Crippen LogP contribution in [-0.2, 0) is 6.42 Å². The van der Waals surface area contributed by atoms with E-state index in [1.807, 2.05) is 14.0 Å². The first-order valence-corrected chi connectivity index (χ1v) is 8.93. The van der Waals surface area contributed by atoms with Gasteiger partial charge in [-0.3, -0.25) is 4.99 Å². The molecular weight excluding hydrogens is 280 g/mol. The highest BCUT2D eigenvalue weighted by molar-refractivity contribution is 7.09.